The van der Waals surface area contributed by atoms with E-state index in [1.807, 2.05) is 6.92 Å². The Bertz CT molecular complexity index is 1270. The predicted molar refractivity (Wildman–Crippen MR) is 136 cm³/mol. The van der Waals surface area contributed by atoms with Gasteiger partial charge in [-0.15, -0.1) is 0 Å². The Balaban J connectivity index is 1.30. The Morgan fingerprint density at radius 3 is 2.91 bits per heavy atom. The molecule has 3 saturated heterocycles. The lowest BCUT2D eigenvalue weighted by Crippen LogP contribution is -2.60. The summed E-state index contributed by atoms with van der Waals surface area (Å²) < 4.78 is 10.9. The average Bonchev–Trinajstić information content (AvgIpc) is 2.86. The number of ether oxygens (including phenoxy) is 1. The van der Waals surface area contributed by atoms with E-state index in [1.54, 1.807) is 12.1 Å². The number of hydrogen-bond acceptors (Lipinski definition) is 5. The van der Waals surface area contributed by atoms with Gasteiger partial charge in [0.25, 0.3) is 0 Å². The second-order valence-electron chi connectivity index (χ2n) is 10.7. The molecule has 4 heterocycles. The van der Waals surface area contributed by atoms with Crippen LogP contribution in [0.25, 0.3) is 11.0 Å². The number of rotatable bonds is 3. The highest BCUT2D eigenvalue weighted by Gasteiger charge is 2.46. The van der Waals surface area contributed by atoms with E-state index in [-0.39, 0.29) is 18.4 Å². The molecule has 1 amide bonds. The summed E-state index contributed by atoms with van der Waals surface area (Å²) in [5, 5.41) is 1.19. The van der Waals surface area contributed by atoms with E-state index >= 15 is 0 Å². The summed E-state index contributed by atoms with van der Waals surface area (Å²) in [5.41, 5.74) is 2.59. The third-order valence-electron chi connectivity index (χ3n) is 8.87. The van der Waals surface area contributed by atoms with Crippen molar-refractivity contribution in [2.45, 2.75) is 64.0 Å². The lowest BCUT2D eigenvalue weighted by molar-refractivity contribution is -0.135. The molecule has 4 aliphatic rings. The van der Waals surface area contributed by atoms with E-state index in [0.717, 1.165) is 36.9 Å². The maximum absolute atomic E-state index is 13.7. The van der Waals surface area contributed by atoms with Crippen LogP contribution in [0.1, 0.15) is 49.7 Å². The highest BCUT2D eigenvalue weighted by atomic mass is 35.5. The summed E-state index contributed by atoms with van der Waals surface area (Å²) in [6, 6.07) is 4.24. The highest BCUT2D eigenvalue weighted by Crippen LogP contribution is 2.45. The quantitative estimate of drug-likeness (QED) is 0.454. The van der Waals surface area contributed by atoms with Crippen molar-refractivity contribution in [3.8, 4) is 5.75 Å². The molecule has 2 aromatic rings. The Kier molecular flexibility index (Phi) is 5.92. The molecule has 1 aliphatic carbocycles. The number of likely N-dealkylation sites (tertiary alicyclic amines) is 1. The van der Waals surface area contributed by atoms with E-state index in [2.05, 4.69) is 15.9 Å². The molecule has 0 N–H and O–H groups in total. The first kappa shape index (κ1) is 23.1. The summed E-state index contributed by atoms with van der Waals surface area (Å²) in [7, 11) is 1.53. The number of amides is 1. The van der Waals surface area contributed by atoms with Crippen molar-refractivity contribution in [1.29, 1.82) is 0 Å². The lowest BCUT2D eigenvalue weighted by atomic mass is 9.68. The molecule has 6 rings (SSSR count). The third-order valence-corrected chi connectivity index (χ3v) is 9.16. The van der Waals surface area contributed by atoms with Crippen LogP contribution in [0.15, 0.2) is 33.0 Å². The highest BCUT2D eigenvalue weighted by molar-refractivity contribution is 6.32. The predicted octanol–water partition coefficient (Wildman–Crippen LogP) is 4.73. The van der Waals surface area contributed by atoms with E-state index in [9.17, 15) is 9.59 Å². The number of piperidine rings is 3. The molecule has 1 aromatic carbocycles. The van der Waals surface area contributed by atoms with Crippen LogP contribution in [0.2, 0.25) is 5.02 Å². The van der Waals surface area contributed by atoms with Crippen LogP contribution in [-0.2, 0) is 11.2 Å². The van der Waals surface area contributed by atoms with Gasteiger partial charge >= 0.3 is 5.63 Å². The number of halogens is 1. The lowest BCUT2D eigenvalue weighted by Gasteiger charge is -2.54. The fourth-order valence-corrected chi connectivity index (χ4v) is 7.50. The molecule has 0 saturated carbocycles. The molecule has 35 heavy (non-hydrogen) atoms. The van der Waals surface area contributed by atoms with Gasteiger partial charge in [0.15, 0.2) is 0 Å². The van der Waals surface area contributed by atoms with E-state index < -0.39 is 5.63 Å². The number of methoxy groups -OCH3 is 1. The molecule has 7 heteroatoms. The maximum Gasteiger partial charge on any atom is 0.340 e. The average molecular weight is 497 g/mol. The molecule has 0 spiro atoms. The van der Waals surface area contributed by atoms with Gasteiger partial charge in [0, 0.05) is 30.6 Å². The first-order valence-electron chi connectivity index (χ1n) is 13.0. The van der Waals surface area contributed by atoms with Gasteiger partial charge in [-0.1, -0.05) is 29.7 Å². The van der Waals surface area contributed by atoms with E-state index in [4.69, 9.17) is 20.8 Å². The molecule has 0 radical (unpaired) electrons. The maximum atomic E-state index is 13.7. The second-order valence-corrected chi connectivity index (χ2v) is 11.2. The first-order chi connectivity index (χ1) is 16.9. The van der Waals surface area contributed by atoms with E-state index in [0.29, 0.717) is 39.8 Å². The molecule has 2 bridgehead atoms. The Morgan fingerprint density at radius 1 is 1.23 bits per heavy atom. The largest absolute Gasteiger partial charge is 0.495 e. The van der Waals surface area contributed by atoms with Crippen molar-refractivity contribution in [2.75, 3.05) is 26.7 Å². The summed E-state index contributed by atoms with van der Waals surface area (Å²) in [4.78, 5) is 31.4. The van der Waals surface area contributed by atoms with Crippen molar-refractivity contribution in [3.05, 3.63) is 50.4 Å². The number of carbonyl (C=O) groups excluding carboxylic acids is 1. The molecule has 3 aliphatic heterocycles. The molecule has 6 nitrogen and oxygen atoms in total. The van der Waals surface area contributed by atoms with Crippen molar-refractivity contribution >= 4 is 28.5 Å². The summed E-state index contributed by atoms with van der Waals surface area (Å²) in [6.45, 7) is 4.90. The van der Waals surface area contributed by atoms with Crippen LogP contribution in [0.4, 0.5) is 0 Å². The Labute approximate surface area is 210 Å². The minimum Gasteiger partial charge on any atom is -0.495 e. The van der Waals surface area contributed by atoms with Crippen LogP contribution in [0.3, 0.4) is 0 Å². The van der Waals surface area contributed by atoms with Crippen LogP contribution >= 0.6 is 11.6 Å². The fraction of sp³-hybridized carbons (Fsp3) is 0.571. The van der Waals surface area contributed by atoms with Gasteiger partial charge in [0.05, 0.1) is 30.2 Å². The van der Waals surface area contributed by atoms with Gasteiger partial charge in [-0.2, -0.15) is 0 Å². The molecular weight excluding hydrogens is 464 g/mol. The smallest absolute Gasteiger partial charge is 0.340 e. The van der Waals surface area contributed by atoms with Crippen LogP contribution in [-0.4, -0.2) is 54.5 Å². The SMILES string of the molecule is COc1cc2oc(=O)c(CC(=O)N3CCCC4=C[C@H]5C[C@@H](CN6CCCC[C@H]56)[C@@H]43)c(C)c2cc1Cl. The molecule has 3 fully saturated rings. The van der Waals surface area contributed by atoms with Gasteiger partial charge in [-0.25, -0.2) is 4.79 Å². The van der Waals surface area contributed by atoms with Crippen LogP contribution in [0.5, 0.6) is 5.75 Å². The summed E-state index contributed by atoms with van der Waals surface area (Å²) in [5.74, 6) is 1.59. The molecule has 0 unspecified atom stereocenters. The molecule has 4 atom stereocenters. The normalized spacial score (nSPS) is 28.3. The second kappa shape index (κ2) is 8.97. The fourth-order valence-electron chi connectivity index (χ4n) is 7.26. The van der Waals surface area contributed by atoms with Crippen LogP contribution < -0.4 is 10.4 Å². The van der Waals surface area contributed by atoms with E-state index in [1.165, 1.54) is 44.9 Å². The molecular formula is C28H33ClN2O4. The minimum atomic E-state index is -0.460. The topological polar surface area (TPSA) is 63.0 Å². The zero-order valence-corrected chi connectivity index (χ0v) is 21.3. The van der Waals surface area contributed by atoms with Crippen molar-refractivity contribution in [3.63, 3.8) is 0 Å². The van der Waals surface area contributed by atoms with Gasteiger partial charge in [0.1, 0.15) is 11.3 Å². The molecule has 1 aromatic heterocycles. The third kappa shape index (κ3) is 3.89. The number of nitrogens with zero attached hydrogens (tertiary/aromatic N) is 2. The van der Waals surface area contributed by atoms with Crippen molar-refractivity contribution in [2.24, 2.45) is 11.8 Å². The van der Waals surface area contributed by atoms with Gasteiger partial charge in [-0.05, 0) is 69.0 Å². The summed E-state index contributed by atoms with van der Waals surface area (Å²) >= 11 is 6.34. The van der Waals surface area contributed by atoms with Crippen molar-refractivity contribution in [1.82, 2.24) is 9.80 Å². The number of aryl methyl sites for hydroxylation is 1. The number of benzene rings is 1. The zero-order valence-electron chi connectivity index (χ0n) is 20.5. The Morgan fingerprint density at radius 2 is 2.09 bits per heavy atom. The van der Waals surface area contributed by atoms with Gasteiger partial charge in [-0.3, -0.25) is 9.69 Å². The minimum absolute atomic E-state index is 0.0224. The van der Waals surface area contributed by atoms with Crippen LogP contribution in [0, 0.1) is 18.8 Å². The Hall–Kier alpha value is -2.31. The van der Waals surface area contributed by atoms with Gasteiger partial charge < -0.3 is 14.1 Å². The van der Waals surface area contributed by atoms with Gasteiger partial charge in [0.2, 0.25) is 5.91 Å². The molecule has 186 valence electrons. The van der Waals surface area contributed by atoms with Crippen molar-refractivity contribution < 1.29 is 13.9 Å². The number of carbonyl (C=O) groups is 1. The monoisotopic (exact) mass is 496 g/mol. The number of hydrogen-bond donors (Lipinski definition) is 0. The number of fused-ring (bicyclic) bond motifs is 7. The standard InChI is InChI=1S/C28H33ClN2O4/c1-16-20-12-22(29)25(34-2)14-24(20)35-28(33)21(16)13-26(32)31-9-5-6-17-10-18-11-19(27(17)31)15-30-8-4-3-7-23(18)30/h10,12,14,18-19,23,27H,3-9,11,13,15H2,1-2H3/t18-,19-,23+,27+/m0/s1. The summed E-state index contributed by atoms with van der Waals surface area (Å²) in [6.07, 6.45) is 9.76. The zero-order chi connectivity index (χ0) is 24.3. The first-order valence-corrected chi connectivity index (χ1v) is 13.4.